The van der Waals surface area contributed by atoms with E-state index in [1.54, 1.807) is 6.20 Å². The van der Waals surface area contributed by atoms with E-state index in [-0.39, 0.29) is 11.8 Å². The molecule has 0 unspecified atom stereocenters. The number of nitrogens with one attached hydrogen (secondary N) is 1. The van der Waals surface area contributed by atoms with Crippen LogP contribution in [-0.4, -0.2) is 38.8 Å². The fraction of sp³-hybridized carbons (Fsp3) is 0.545. The van der Waals surface area contributed by atoms with Gasteiger partial charge in [0, 0.05) is 18.8 Å². The van der Waals surface area contributed by atoms with Gasteiger partial charge in [-0.1, -0.05) is 6.07 Å². The van der Waals surface area contributed by atoms with Crippen LogP contribution in [0.2, 0.25) is 0 Å². The van der Waals surface area contributed by atoms with Gasteiger partial charge in [0.2, 0.25) is 10.0 Å². The molecule has 1 atom stereocenters. The van der Waals surface area contributed by atoms with Crippen LogP contribution < -0.4 is 9.62 Å². The minimum atomic E-state index is -3.16. The number of hydrogen-bond donors (Lipinski definition) is 1. The van der Waals surface area contributed by atoms with Crippen molar-refractivity contribution >= 4 is 15.8 Å². The molecule has 17 heavy (non-hydrogen) atoms. The summed E-state index contributed by atoms with van der Waals surface area (Å²) >= 11 is 0. The molecular formula is C11H17N3O2S. The number of hydrogen-bond acceptors (Lipinski definition) is 4. The quantitative estimate of drug-likeness (QED) is 0.856. The van der Waals surface area contributed by atoms with Crippen molar-refractivity contribution in [2.24, 2.45) is 0 Å². The number of nitrogens with zero attached hydrogens (tertiary/aromatic N) is 2. The number of rotatable bonds is 4. The van der Waals surface area contributed by atoms with E-state index in [1.165, 1.54) is 7.05 Å². The highest BCUT2D eigenvalue weighted by molar-refractivity contribution is 7.89. The Labute approximate surface area is 102 Å². The lowest BCUT2D eigenvalue weighted by atomic mass is 10.2. The fourth-order valence-corrected chi connectivity index (χ4v) is 3.19. The minimum absolute atomic E-state index is 0.0300. The SMILES string of the molecule is CNS(=O)(=O)C[C@H]1CCCN1c1ccccn1. The molecule has 6 heteroatoms. The van der Waals surface area contributed by atoms with Crippen LogP contribution in [0.25, 0.3) is 0 Å². The summed E-state index contributed by atoms with van der Waals surface area (Å²) in [7, 11) is -1.71. The highest BCUT2D eigenvalue weighted by Gasteiger charge is 2.29. The molecule has 0 spiro atoms. The minimum Gasteiger partial charge on any atom is -0.353 e. The molecule has 94 valence electrons. The van der Waals surface area contributed by atoms with Crippen molar-refractivity contribution in [2.45, 2.75) is 18.9 Å². The molecule has 0 saturated carbocycles. The van der Waals surface area contributed by atoms with E-state index in [4.69, 9.17) is 0 Å². The zero-order chi connectivity index (χ0) is 12.3. The maximum atomic E-state index is 11.6. The predicted octanol–water partition coefficient (Wildman–Crippen LogP) is 0.600. The molecule has 0 aliphatic carbocycles. The summed E-state index contributed by atoms with van der Waals surface area (Å²) in [4.78, 5) is 6.36. The van der Waals surface area contributed by atoms with Crippen LogP contribution >= 0.6 is 0 Å². The first kappa shape index (κ1) is 12.3. The summed E-state index contributed by atoms with van der Waals surface area (Å²) in [5, 5.41) is 0. The second-order valence-corrected chi connectivity index (χ2v) is 6.13. The standard InChI is InChI=1S/C11H17N3O2S/c1-12-17(15,16)9-10-5-4-8-14(10)11-6-2-3-7-13-11/h2-3,6-7,10,12H,4-5,8-9H2,1H3/t10-/m1/s1. The third-order valence-electron chi connectivity index (χ3n) is 3.04. The molecule has 1 N–H and O–H groups in total. The highest BCUT2D eigenvalue weighted by Crippen LogP contribution is 2.24. The van der Waals surface area contributed by atoms with Crippen LogP contribution in [0.5, 0.6) is 0 Å². The summed E-state index contributed by atoms with van der Waals surface area (Å²) < 4.78 is 25.5. The Morgan fingerprint density at radius 1 is 1.53 bits per heavy atom. The van der Waals surface area contributed by atoms with Crippen molar-refractivity contribution in [2.75, 3.05) is 24.2 Å². The Morgan fingerprint density at radius 2 is 2.35 bits per heavy atom. The van der Waals surface area contributed by atoms with E-state index in [0.717, 1.165) is 25.2 Å². The largest absolute Gasteiger partial charge is 0.353 e. The summed E-state index contributed by atoms with van der Waals surface area (Å²) in [5.74, 6) is 1.00. The molecule has 1 fully saturated rings. The molecule has 2 rings (SSSR count). The normalized spacial score (nSPS) is 20.8. The number of anilines is 1. The van der Waals surface area contributed by atoms with Gasteiger partial charge in [-0.15, -0.1) is 0 Å². The third kappa shape index (κ3) is 2.95. The van der Waals surface area contributed by atoms with Gasteiger partial charge in [-0.3, -0.25) is 0 Å². The van der Waals surface area contributed by atoms with Gasteiger partial charge in [-0.25, -0.2) is 18.1 Å². The number of aromatic nitrogens is 1. The Kier molecular flexibility index (Phi) is 3.63. The Hall–Kier alpha value is -1.14. The Bertz CT molecular complexity index is 461. The highest BCUT2D eigenvalue weighted by atomic mass is 32.2. The lowest BCUT2D eigenvalue weighted by Crippen LogP contribution is -2.38. The fourth-order valence-electron chi connectivity index (χ4n) is 2.17. The van der Waals surface area contributed by atoms with E-state index >= 15 is 0 Å². The molecule has 5 nitrogen and oxygen atoms in total. The molecule has 0 amide bonds. The van der Waals surface area contributed by atoms with Crippen molar-refractivity contribution in [3.8, 4) is 0 Å². The molecule has 1 aliphatic heterocycles. The zero-order valence-corrected chi connectivity index (χ0v) is 10.7. The van der Waals surface area contributed by atoms with E-state index in [9.17, 15) is 8.42 Å². The van der Waals surface area contributed by atoms with Gasteiger partial charge < -0.3 is 4.90 Å². The molecule has 1 aliphatic rings. The average molecular weight is 255 g/mol. The summed E-state index contributed by atoms with van der Waals surface area (Å²) in [6.07, 6.45) is 3.65. The van der Waals surface area contributed by atoms with Crippen molar-refractivity contribution in [1.29, 1.82) is 0 Å². The maximum Gasteiger partial charge on any atom is 0.213 e. The Morgan fingerprint density at radius 3 is 3.00 bits per heavy atom. The molecule has 0 bridgehead atoms. The number of sulfonamides is 1. The smallest absolute Gasteiger partial charge is 0.213 e. The van der Waals surface area contributed by atoms with Crippen LogP contribution in [0, 0.1) is 0 Å². The van der Waals surface area contributed by atoms with Gasteiger partial charge in [-0.05, 0) is 32.0 Å². The third-order valence-corrected chi connectivity index (χ3v) is 4.49. The van der Waals surface area contributed by atoms with Crippen LogP contribution in [-0.2, 0) is 10.0 Å². The van der Waals surface area contributed by atoms with Gasteiger partial charge in [0.15, 0.2) is 0 Å². The molecular weight excluding hydrogens is 238 g/mol. The van der Waals surface area contributed by atoms with Crippen molar-refractivity contribution in [3.05, 3.63) is 24.4 Å². The first-order chi connectivity index (χ1) is 8.12. The van der Waals surface area contributed by atoms with E-state index in [1.807, 2.05) is 18.2 Å². The van der Waals surface area contributed by atoms with Crippen LogP contribution in [0.3, 0.4) is 0 Å². The molecule has 1 aromatic rings. The summed E-state index contributed by atoms with van der Waals surface area (Å²) in [6, 6.07) is 5.73. The van der Waals surface area contributed by atoms with Crippen molar-refractivity contribution in [1.82, 2.24) is 9.71 Å². The predicted molar refractivity (Wildman–Crippen MR) is 67.5 cm³/mol. The van der Waals surface area contributed by atoms with Crippen LogP contribution in [0.15, 0.2) is 24.4 Å². The van der Waals surface area contributed by atoms with Crippen molar-refractivity contribution in [3.63, 3.8) is 0 Å². The molecule has 2 heterocycles. The van der Waals surface area contributed by atoms with Gasteiger partial charge in [-0.2, -0.15) is 0 Å². The topological polar surface area (TPSA) is 62.3 Å². The van der Waals surface area contributed by atoms with Crippen LogP contribution in [0.4, 0.5) is 5.82 Å². The first-order valence-corrected chi connectivity index (χ1v) is 7.36. The van der Waals surface area contributed by atoms with Gasteiger partial charge in [0.05, 0.1) is 5.75 Å². The molecule has 1 saturated heterocycles. The van der Waals surface area contributed by atoms with E-state index < -0.39 is 10.0 Å². The molecule has 1 aromatic heterocycles. The lowest BCUT2D eigenvalue weighted by Gasteiger charge is -2.25. The summed E-state index contributed by atoms with van der Waals surface area (Å²) in [5.41, 5.74) is 0. The monoisotopic (exact) mass is 255 g/mol. The first-order valence-electron chi connectivity index (χ1n) is 5.71. The zero-order valence-electron chi connectivity index (χ0n) is 9.83. The van der Waals surface area contributed by atoms with Gasteiger partial charge >= 0.3 is 0 Å². The second kappa shape index (κ2) is 5.01. The Balaban J connectivity index is 2.13. The second-order valence-electron chi connectivity index (χ2n) is 4.16. The lowest BCUT2D eigenvalue weighted by molar-refractivity contribution is 0.577. The number of pyridine rings is 1. The maximum absolute atomic E-state index is 11.6. The van der Waals surface area contributed by atoms with Crippen LogP contribution in [0.1, 0.15) is 12.8 Å². The van der Waals surface area contributed by atoms with E-state index in [0.29, 0.717) is 0 Å². The molecule has 0 aromatic carbocycles. The molecule has 0 radical (unpaired) electrons. The van der Waals surface area contributed by atoms with Gasteiger partial charge in [0.1, 0.15) is 5.82 Å². The average Bonchev–Trinajstić information content (AvgIpc) is 2.77. The van der Waals surface area contributed by atoms with Gasteiger partial charge in [0.25, 0.3) is 0 Å². The summed E-state index contributed by atoms with van der Waals surface area (Å²) in [6.45, 7) is 0.876. The van der Waals surface area contributed by atoms with Crippen molar-refractivity contribution < 1.29 is 8.42 Å². The van der Waals surface area contributed by atoms with E-state index in [2.05, 4.69) is 14.6 Å².